The van der Waals surface area contributed by atoms with Crippen LogP contribution in [0.15, 0.2) is 24.3 Å². The van der Waals surface area contributed by atoms with Crippen molar-refractivity contribution in [3.05, 3.63) is 24.3 Å². The molecule has 0 atom stereocenters. The Morgan fingerprint density at radius 3 is 1.68 bits per heavy atom. The fraction of sp³-hybridized carbons (Fsp3) is 0.773. The van der Waals surface area contributed by atoms with Gasteiger partial charge >= 0.3 is 0 Å². The van der Waals surface area contributed by atoms with Gasteiger partial charge in [0.2, 0.25) is 0 Å². The van der Waals surface area contributed by atoms with Crippen molar-refractivity contribution in [2.24, 2.45) is 0 Å². The van der Waals surface area contributed by atoms with Crippen LogP contribution in [-0.2, 0) is 4.79 Å². The summed E-state index contributed by atoms with van der Waals surface area (Å²) in [5.41, 5.74) is 0. The second-order valence-electron chi connectivity index (χ2n) is 8.04. The summed E-state index contributed by atoms with van der Waals surface area (Å²) in [6, 6.07) is 0. The lowest BCUT2D eigenvalue weighted by Gasteiger charge is -2.14. The minimum Gasteiger partial charge on any atom is -0.550 e. The molecule has 0 aliphatic carbocycles. The zero-order chi connectivity index (χ0) is 19.4. The van der Waals surface area contributed by atoms with E-state index in [2.05, 4.69) is 59.4 Å². The highest BCUT2D eigenvalue weighted by Gasteiger charge is 1.90. The number of carbonyl (C=O) groups excluding carboxylic acids is 1. The molecule has 0 saturated carbocycles. The Hall–Kier alpha value is -1.09. The van der Waals surface area contributed by atoms with Crippen LogP contribution in [0.25, 0.3) is 0 Å². The van der Waals surface area contributed by atoms with Crippen molar-refractivity contribution in [2.45, 2.75) is 84.0 Å². The second kappa shape index (κ2) is 19.2. The average molecular weight is 354 g/mol. The molecule has 0 amide bonds. The predicted octanol–water partition coefficient (Wildman–Crippen LogP) is 4.87. The first-order valence-corrected chi connectivity index (χ1v) is 10.1. The molecular formula is C22H43NO2. The molecule has 0 bridgehead atoms. The van der Waals surface area contributed by atoms with Crippen LogP contribution in [-0.4, -0.2) is 38.6 Å². The molecule has 0 radical (unpaired) electrons. The normalized spacial score (nSPS) is 11.7. The fourth-order valence-electron chi connectivity index (χ4n) is 2.08. The van der Waals surface area contributed by atoms with Crippen molar-refractivity contribution in [1.82, 2.24) is 0 Å². The third-order valence-corrected chi connectivity index (χ3v) is 3.33. The van der Waals surface area contributed by atoms with E-state index in [0.29, 0.717) is 0 Å². The van der Waals surface area contributed by atoms with Crippen LogP contribution in [0.1, 0.15) is 84.0 Å². The number of carboxylic acids is 1. The predicted molar refractivity (Wildman–Crippen MR) is 108 cm³/mol. The number of quaternary nitrogens is 1. The highest BCUT2D eigenvalue weighted by molar-refractivity contribution is 5.63. The Kier molecular flexibility index (Phi) is 20.1. The Morgan fingerprint density at radius 1 is 0.760 bits per heavy atom. The molecule has 148 valence electrons. The number of hydrogen-bond acceptors (Lipinski definition) is 2. The largest absolute Gasteiger partial charge is 0.550 e. The number of carbonyl (C=O) groups is 1. The molecule has 0 unspecified atom stereocenters. The molecule has 0 aromatic carbocycles. The van der Waals surface area contributed by atoms with E-state index < -0.39 is 5.97 Å². The number of unbranched alkanes of at least 4 members (excludes halogenated alkanes) is 8. The van der Waals surface area contributed by atoms with Crippen molar-refractivity contribution in [2.75, 3.05) is 28.2 Å². The lowest BCUT2D eigenvalue weighted by atomic mass is 10.1. The number of rotatable bonds is 14. The van der Waals surface area contributed by atoms with Gasteiger partial charge < -0.3 is 14.4 Å². The minimum atomic E-state index is -0.921. The molecule has 0 N–H and O–H groups in total. The van der Waals surface area contributed by atoms with Gasteiger partial charge in [-0.05, 0) is 44.9 Å². The highest BCUT2D eigenvalue weighted by Crippen LogP contribution is 2.07. The summed E-state index contributed by atoms with van der Waals surface area (Å²) in [5.74, 6) is -0.921. The molecule has 0 heterocycles. The lowest BCUT2D eigenvalue weighted by molar-refractivity contribution is -0.849. The van der Waals surface area contributed by atoms with Gasteiger partial charge in [0.05, 0.1) is 28.2 Å². The van der Waals surface area contributed by atoms with E-state index in [-0.39, 0.29) is 6.42 Å². The maximum absolute atomic E-state index is 10.2. The summed E-state index contributed by atoms with van der Waals surface area (Å²) in [4.78, 5) is 10.2. The SMILES string of the molecule is CCCCC/C=C\C/C=C\CCCCCCCC(=O)[O-].C[N+](C)(C)C. The van der Waals surface area contributed by atoms with Gasteiger partial charge in [-0.1, -0.05) is 63.3 Å². The van der Waals surface area contributed by atoms with Crippen LogP contribution in [0.2, 0.25) is 0 Å². The van der Waals surface area contributed by atoms with E-state index in [1.807, 2.05) is 0 Å². The Bertz CT molecular complexity index is 334. The number of allylic oxidation sites excluding steroid dienone is 4. The zero-order valence-electron chi connectivity index (χ0n) is 17.6. The van der Waals surface area contributed by atoms with E-state index in [1.165, 1.54) is 38.5 Å². The van der Waals surface area contributed by atoms with Gasteiger partial charge in [0, 0.05) is 5.97 Å². The van der Waals surface area contributed by atoms with Crippen LogP contribution in [0, 0.1) is 0 Å². The first kappa shape index (κ1) is 26.1. The van der Waals surface area contributed by atoms with Crippen molar-refractivity contribution in [3.8, 4) is 0 Å². The number of nitrogens with zero attached hydrogens (tertiary/aromatic N) is 1. The smallest absolute Gasteiger partial charge is 0.0675 e. The number of hydrogen-bond donors (Lipinski definition) is 0. The van der Waals surface area contributed by atoms with Gasteiger partial charge in [0.25, 0.3) is 0 Å². The molecule has 25 heavy (non-hydrogen) atoms. The molecule has 0 aromatic heterocycles. The quantitative estimate of drug-likeness (QED) is 0.254. The van der Waals surface area contributed by atoms with E-state index in [0.717, 1.165) is 36.6 Å². The Morgan fingerprint density at radius 2 is 1.20 bits per heavy atom. The van der Waals surface area contributed by atoms with E-state index in [9.17, 15) is 9.90 Å². The third-order valence-electron chi connectivity index (χ3n) is 3.33. The van der Waals surface area contributed by atoms with Crippen LogP contribution in [0.4, 0.5) is 0 Å². The Balaban J connectivity index is 0. The third kappa shape index (κ3) is 39.6. The first-order chi connectivity index (χ1) is 11.8. The van der Waals surface area contributed by atoms with E-state index >= 15 is 0 Å². The fourth-order valence-corrected chi connectivity index (χ4v) is 2.08. The van der Waals surface area contributed by atoms with Crippen molar-refractivity contribution in [1.29, 1.82) is 0 Å². The Labute approximate surface area is 157 Å². The summed E-state index contributed by atoms with van der Waals surface area (Å²) in [7, 11) is 8.50. The first-order valence-electron chi connectivity index (χ1n) is 10.1. The molecule has 0 saturated heterocycles. The van der Waals surface area contributed by atoms with Gasteiger partial charge in [0.15, 0.2) is 0 Å². The monoisotopic (exact) mass is 353 g/mol. The van der Waals surface area contributed by atoms with E-state index in [1.54, 1.807) is 0 Å². The van der Waals surface area contributed by atoms with Crippen LogP contribution in [0.3, 0.4) is 0 Å². The molecule has 0 aromatic rings. The molecule has 0 fully saturated rings. The van der Waals surface area contributed by atoms with Crippen LogP contribution < -0.4 is 5.11 Å². The molecule has 0 aliphatic rings. The molecule has 0 rings (SSSR count). The summed E-state index contributed by atoms with van der Waals surface area (Å²) in [6.45, 7) is 2.23. The molecule has 3 nitrogen and oxygen atoms in total. The number of carboxylic acid groups (broad SMARTS) is 1. The molecule has 0 spiro atoms. The standard InChI is InChI=1S/C18H32O2.C4H12N/c1-2-3-4-5-6-7-8-9-10-11-12-13-14-15-16-17-18(19)20;1-5(2,3)4/h6-7,9-10H,2-5,8,11-17H2,1H3,(H,19,20);1-4H3/q;+1/p-1/b7-6-,10-9-;. The van der Waals surface area contributed by atoms with Gasteiger partial charge in [0.1, 0.15) is 0 Å². The highest BCUT2D eigenvalue weighted by atomic mass is 16.4. The summed E-state index contributed by atoms with van der Waals surface area (Å²) in [5, 5.41) is 10.2. The van der Waals surface area contributed by atoms with Crippen molar-refractivity contribution < 1.29 is 14.4 Å². The summed E-state index contributed by atoms with van der Waals surface area (Å²) < 4.78 is 1.00. The molecule has 3 heteroatoms. The molecular weight excluding hydrogens is 310 g/mol. The maximum Gasteiger partial charge on any atom is 0.0675 e. The lowest BCUT2D eigenvalue weighted by Crippen LogP contribution is -2.27. The van der Waals surface area contributed by atoms with Crippen molar-refractivity contribution >= 4 is 5.97 Å². The second-order valence-corrected chi connectivity index (χ2v) is 8.04. The zero-order valence-corrected chi connectivity index (χ0v) is 17.6. The summed E-state index contributed by atoms with van der Waals surface area (Å²) >= 11 is 0. The summed E-state index contributed by atoms with van der Waals surface area (Å²) in [6.07, 6.45) is 21.9. The van der Waals surface area contributed by atoms with Gasteiger partial charge in [-0.3, -0.25) is 0 Å². The van der Waals surface area contributed by atoms with Crippen LogP contribution >= 0.6 is 0 Å². The average Bonchev–Trinajstić information content (AvgIpc) is 2.49. The molecule has 0 aliphatic heterocycles. The van der Waals surface area contributed by atoms with Gasteiger partial charge in [-0.15, -0.1) is 0 Å². The van der Waals surface area contributed by atoms with Gasteiger partial charge in [-0.2, -0.15) is 0 Å². The van der Waals surface area contributed by atoms with Gasteiger partial charge in [-0.25, -0.2) is 0 Å². The van der Waals surface area contributed by atoms with Crippen LogP contribution in [0.5, 0.6) is 0 Å². The van der Waals surface area contributed by atoms with E-state index in [4.69, 9.17) is 0 Å². The maximum atomic E-state index is 10.2. The van der Waals surface area contributed by atoms with Crippen molar-refractivity contribution in [3.63, 3.8) is 0 Å². The topological polar surface area (TPSA) is 40.1 Å². The minimum absolute atomic E-state index is 0.213. The number of aliphatic carboxylic acids is 1.